The van der Waals surface area contributed by atoms with Gasteiger partial charge in [-0.3, -0.25) is 0 Å². The zero-order chi connectivity index (χ0) is 9.14. The van der Waals surface area contributed by atoms with E-state index in [1.807, 2.05) is 0 Å². The predicted molar refractivity (Wildman–Crippen MR) is 41.7 cm³/mol. The van der Waals surface area contributed by atoms with Gasteiger partial charge < -0.3 is 20.4 Å². The molecule has 0 saturated carbocycles. The Morgan fingerprint density at radius 2 is 1.83 bits per heavy atom. The molecule has 0 aliphatic rings. The molecule has 0 amide bonds. The third-order valence-electron chi connectivity index (χ3n) is 1.47. The summed E-state index contributed by atoms with van der Waals surface area (Å²) in [4.78, 5) is 0. The Balaban J connectivity index is 2.90. The summed E-state index contributed by atoms with van der Waals surface area (Å²) in [6.45, 7) is 0. The molecule has 0 bridgehead atoms. The molecular formula is C8H10O4. The molecular weight excluding hydrogens is 160 g/mol. The largest absolute Gasteiger partial charge is 0.508 e. The van der Waals surface area contributed by atoms with Crippen LogP contribution < -0.4 is 0 Å². The molecule has 4 heteroatoms. The summed E-state index contributed by atoms with van der Waals surface area (Å²) in [6.07, 6.45) is -1.61. The van der Waals surface area contributed by atoms with Crippen molar-refractivity contribution in [3.8, 4) is 11.5 Å². The van der Waals surface area contributed by atoms with E-state index in [9.17, 15) is 0 Å². The maximum absolute atomic E-state index is 9.15. The van der Waals surface area contributed by atoms with Crippen LogP contribution in [0.3, 0.4) is 0 Å². The van der Waals surface area contributed by atoms with E-state index in [0.717, 1.165) is 0 Å². The van der Waals surface area contributed by atoms with Crippen LogP contribution in [0, 0.1) is 0 Å². The molecule has 0 fully saturated rings. The van der Waals surface area contributed by atoms with Crippen molar-refractivity contribution in [1.82, 2.24) is 0 Å². The summed E-state index contributed by atoms with van der Waals surface area (Å²) >= 11 is 0. The molecule has 0 radical (unpaired) electrons. The van der Waals surface area contributed by atoms with Gasteiger partial charge in [0.1, 0.15) is 11.5 Å². The maximum Gasteiger partial charge on any atom is 0.155 e. The van der Waals surface area contributed by atoms with Gasteiger partial charge in [0.05, 0.1) is 0 Å². The highest BCUT2D eigenvalue weighted by molar-refractivity contribution is 5.38. The van der Waals surface area contributed by atoms with Crippen molar-refractivity contribution in [2.75, 3.05) is 0 Å². The van der Waals surface area contributed by atoms with Crippen LogP contribution in [-0.4, -0.2) is 26.7 Å². The quantitative estimate of drug-likeness (QED) is 0.370. The third-order valence-corrected chi connectivity index (χ3v) is 1.47. The first-order chi connectivity index (χ1) is 5.59. The molecule has 0 saturated heterocycles. The highest BCUT2D eigenvalue weighted by atomic mass is 16.5. The fourth-order valence-corrected chi connectivity index (χ4v) is 0.932. The van der Waals surface area contributed by atoms with Crippen molar-refractivity contribution in [1.29, 1.82) is 0 Å². The van der Waals surface area contributed by atoms with Crippen LogP contribution >= 0.6 is 0 Å². The number of hydrogen-bond donors (Lipinski definition) is 4. The van der Waals surface area contributed by atoms with E-state index in [-0.39, 0.29) is 17.9 Å². The molecule has 12 heavy (non-hydrogen) atoms. The highest BCUT2D eigenvalue weighted by Crippen LogP contribution is 2.22. The molecule has 4 nitrogen and oxygen atoms in total. The minimum absolute atomic E-state index is 0.0107. The monoisotopic (exact) mass is 170 g/mol. The molecule has 0 aliphatic heterocycles. The van der Waals surface area contributed by atoms with Crippen LogP contribution in [0.5, 0.6) is 11.5 Å². The van der Waals surface area contributed by atoms with Gasteiger partial charge in [-0.1, -0.05) is 0 Å². The van der Waals surface area contributed by atoms with Gasteiger partial charge in [-0.25, -0.2) is 0 Å². The lowest BCUT2D eigenvalue weighted by Crippen LogP contribution is -2.08. The first-order valence-electron chi connectivity index (χ1n) is 3.46. The smallest absolute Gasteiger partial charge is 0.155 e. The zero-order valence-corrected chi connectivity index (χ0v) is 6.31. The Bertz CT molecular complexity index is 270. The number of aliphatic hydroxyl groups excluding tert-OH is 1. The molecule has 0 heterocycles. The zero-order valence-electron chi connectivity index (χ0n) is 6.31. The Labute approximate surface area is 69.3 Å². The van der Waals surface area contributed by atoms with Crippen LogP contribution in [0.15, 0.2) is 18.2 Å². The standard InChI is InChI=1S/C8H10O4/c9-6-1-2-7(10)5(3-6)4-8(11)12/h1-3,8-12H,4H2. The number of phenolic OH excluding ortho intramolecular Hbond substituents is 2. The van der Waals surface area contributed by atoms with E-state index in [4.69, 9.17) is 20.4 Å². The summed E-state index contributed by atoms with van der Waals surface area (Å²) in [5, 5.41) is 35.3. The second-order valence-corrected chi connectivity index (χ2v) is 2.50. The molecule has 4 N–H and O–H groups in total. The van der Waals surface area contributed by atoms with Crippen molar-refractivity contribution in [2.24, 2.45) is 0 Å². The summed E-state index contributed by atoms with van der Waals surface area (Å²) in [6, 6.07) is 3.91. The number of rotatable bonds is 2. The van der Waals surface area contributed by atoms with Crippen LogP contribution in [0.2, 0.25) is 0 Å². The Morgan fingerprint density at radius 3 is 2.42 bits per heavy atom. The molecule has 1 rings (SSSR count). The van der Waals surface area contributed by atoms with Gasteiger partial charge in [0, 0.05) is 12.0 Å². The molecule has 1 aromatic carbocycles. The molecule has 1 aromatic rings. The maximum atomic E-state index is 9.15. The van der Waals surface area contributed by atoms with Crippen molar-refractivity contribution in [3.05, 3.63) is 23.8 Å². The van der Waals surface area contributed by atoms with Crippen LogP contribution in [0.4, 0.5) is 0 Å². The number of aromatic hydroxyl groups is 2. The minimum atomic E-state index is -1.52. The number of phenols is 2. The van der Waals surface area contributed by atoms with Gasteiger partial charge in [-0.2, -0.15) is 0 Å². The predicted octanol–water partition coefficient (Wildman–Crippen LogP) is -0.0490. The Kier molecular flexibility index (Phi) is 2.52. The summed E-state index contributed by atoms with van der Waals surface area (Å²) in [5.41, 5.74) is 0.310. The minimum Gasteiger partial charge on any atom is -0.508 e. The normalized spacial score (nSPS) is 10.6. The topological polar surface area (TPSA) is 80.9 Å². The highest BCUT2D eigenvalue weighted by Gasteiger charge is 2.06. The molecule has 66 valence electrons. The van der Waals surface area contributed by atoms with Crippen molar-refractivity contribution >= 4 is 0 Å². The summed E-state index contributed by atoms with van der Waals surface area (Å²) in [7, 11) is 0. The second kappa shape index (κ2) is 3.42. The van der Waals surface area contributed by atoms with E-state index in [1.54, 1.807) is 0 Å². The summed E-state index contributed by atoms with van der Waals surface area (Å²) in [5.74, 6) is -0.0654. The molecule has 0 aliphatic carbocycles. The fraction of sp³-hybridized carbons (Fsp3) is 0.250. The fourth-order valence-electron chi connectivity index (χ4n) is 0.932. The third kappa shape index (κ3) is 2.11. The van der Waals surface area contributed by atoms with Gasteiger partial charge in [0.15, 0.2) is 6.29 Å². The van der Waals surface area contributed by atoms with E-state index in [1.165, 1.54) is 18.2 Å². The lowest BCUT2D eigenvalue weighted by Gasteiger charge is -2.05. The molecule has 0 aromatic heterocycles. The van der Waals surface area contributed by atoms with E-state index >= 15 is 0 Å². The van der Waals surface area contributed by atoms with E-state index in [0.29, 0.717) is 5.56 Å². The van der Waals surface area contributed by atoms with Gasteiger partial charge >= 0.3 is 0 Å². The van der Waals surface area contributed by atoms with Crippen LogP contribution in [0.1, 0.15) is 5.56 Å². The van der Waals surface area contributed by atoms with E-state index < -0.39 is 6.29 Å². The summed E-state index contributed by atoms with van der Waals surface area (Å²) < 4.78 is 0. The van der Waals surface area contributed by atoms with Gasteiger partial charge in [-0.05, 0) is 18.2 Å². The molecule has 0 unspecified atom stereocenters. The van der Waals surface area contributed by atoms with Gasteiger partial charge in [0.25, 0.3) is 0 Å². The van der Waals surface area contributed by atoms with Crippen molar-refractivity contribution < 1.29 is 20.4 Å². The first-order valence-corrected chi connectivity index (χ1v) is 3.46. The van der Waals surface area contributed by atoms with Gasteiger partial charge in [0.2, 0.25) is 0 Å². The lowest BCUT2D eigenvalue weighted by atomic mass is 10.1. The Morgan fingerprint density at radius 1 is 1.17 bits per heavy atom. The average molecular weight is 170 g/mol. The first kappa shape index (κ1) is 8.83. The average Bonchev–Trinajstić information content (AvgIpc) is 1.96. The number of benzene rings is 1. The second-order valence-electron chi connectivity index (χ2n) is 2.50. The Hall–Kier alpha value is -1.26. The number of aliphatic hydroxyl groups is 2. The van der Waals surface area contributed by atoms with Crippen LogP contribution in [0.25, 0.3) is 0 Å². The number of hydrogen-bond acceptors (Lipinski definition) is 4. The van der Waals surface area contributed by atoms with E-state index in [2.05, 4.69) is 0 Å². The lowest BCUT2D eigenvalue weighted by molar-refractivity contribution is -0.0385. The molecule has 0 spiro atoms. The SMILES string of the molecule is Oc1ccc(O)c(CC(O)O)c1. The van der Waals surface area contributed by atoms with Crippen molar-refractivity contribution in [3.63, 3.8) is 0 Å². The van der Waals surface area contributed by atoms with Gasteiger partial charge in [-0.15, -0.1) is 0 Å². The van der Waals surface area contributed by atoms with Crippen molar-refractivity contribution in [2.45, 2.75) is 12.7 Å². The van der Waals surface area contributed by atoms with Crippen LogP contribution in [-0.2, 0) is 6.42 Å². The molecule has 0 atom stereocenters.